The number of rotatable bonds is 5. The highest BCUT2D eigenvalue weighted by Crippen LogP contribution is 2.55. The van der Waals surface area contributed by atoms with Crippen molar-refractivity contribution in [3.63, 3.8) is 0 Å². The van der Waals surface area contributed by atoms with Crippen LogP contribution in [0.2, 0.25) is 0 Å². The molecule has 2 fully saturated rings. The van der Waals surface area contributed by atoms with Crippen molar-refractivity contribution in [2.24, 2.45) is 0 Å². The van der Waals surface area contributed by atoms with Gasteiger partial charge in [0.2, 0.25) is 0 Å². The highest BCUT2D eigenvalue weighted by molar-refractivity contribution is 8.02. The average molecular weight is 248 g/mol. The number of esters is 1. The first kappa shape index (κ1) is 11.1. The number of ether oxygens (including phenoxy) is 1. The molecule has 2 nitrogen and oxygen atoms in total. The normalized spacial score (nSPS) is 20.9. The summed E-state index contributed by atoms with van der Waals surface area (Å²) >= 11 is 1.85. The van der Waals surface area contributed by atoms with E-state index in [4.69, 9.17) is 4.74 Å². The van der Waals surface area contributed by atoms with E-state index in [1.807, 2.05) is 42.1 Å². The lowest BCUT2D eigenvalue weighted by molar-refractivity contribution is -0.145. The molecular formula is C14H16O2S. The van der Waals surface area contributed by atoms with Gasteiger partial charge in [0.05, 0.1) is 0 Å². The second-order valence-corrected chi connectivity index (χ2v) is 6.56. The Bertz CT molecular complexity index is 407. The summed E-state index contributed by atoms with van der Waals surface area (Å²) in [6, 6.07) is 9.88. The van der Waals surface area contributed by atoms with Gasteiger partial charge < -0.3 is 4.74 Å². The molecule has 17 heavy (non-hydrogen) atoms. The molecule has 0 atom stereocenters. The predicted octanol–water partition coefficient (Wildman–Crippen LogP) is 3.16. The summed E-state index contributed by atoms with van der Waals surface area (Å²) in [5.41, 5.74) is 1.06. The SMILES string of the molecule is O=C(OCc1ccccc1)C1(SC2CC2)CC1. The van der Waals surface area contributed by atoms with Gasteiger partial charge in [0.25, 0.3) is 0 Å². The van der Waals surface area contributed by atoms with Gasteiger partial charge in [-0.3, -0.25) is 4.79 Å². The highest BCUT2D eigenvalue weighted by Gasteiger charge is 2.54. The molecule has 1 aromatic carbocycles. The van der Waals surface area contributed by atoms with E-state index in [2.05, 4.69) is 0 Å². The van der Waals surface area contributed by atoms with Crippen LogP contribution in [-0.2, 0) is 16.1 Å². The number of benzene rings is 1. The standard InChI is InChI=1S/C14H16O2S/c15-13(14(8-9-14)17-12-6-7-12)16-10-11-4-2-1-3-5-11/h1-5,12H,6-10H2. The first-order valence-corrected chi connectivity index (χ1v) is 7.05. The van der Waals surface area contributed by atoms with Gasteiger partial charge in [-0.2, -0.15) is 0 Å². The maximum atomic E-state index is 12.0. The zero-order chi connectivity index (χ0) is 11.7. The molecule has 1 aromatic rings. The van der Waals surface area contributed by atoms with Gasteiger partial charge in [-0.25, -0.2) is 0 Å². The lowest BCUT2D eigenvalue weighted by Crippen LogP contribution is -2.22. The maximum absolute atomic E-state index is 12.0. The molecule has 3 heteroatoms. The van der Waals surface area contributed by atoms with Crippen molar-refractivity contribution >= 4 is 17.7 Å². The van der Waals surface area contributed by atoms with E-state index < -0.39 is 0 Å². The Labute approximate surface area is 106 Å². The molecule has 3 rings (SSSR count). The van der Waals surface area contributed by atoms with E-state index in [1.165, 1.54) is 12.8 Å². The van der Waals surface area contributed by atoms with Crippen molar-refractivity contribution in [1.82, 2.24) is 0 Å². The maximum Gasteiger partial charge on any atom is 0.322 e. The monoisotopic (exact) mass is 248 g/mol. The smallest absolute Gasteiger partial charge is 0.322 e. The van der Waals surface area contributed by atoms with Gasteiger partial charge in [0.15, 0.2) is 0 Å². The first-order chi connectivity index (χ1) is 8.28. The Morgan fingerprint density at radius 2 is 2.00 bits per heavy atom. The number of hydrogen-bond donors (Lipinski definition) is 0. The van der Waals surface area contributed by atoms with Crippen LogP contribution in [0.25, 0.3) is 0 Å². The second-order valence-electron chi connectivity index (χ2n) is 4.87. The van der Waals surface area contributed by atoms with Crippen molar-refractivity contribution < 1.29 is 9.53 Å². The second kappa shape index (κ2) is 4.37. The molecule has 90 valence electrons. The van der Waals surface area contributed by atoms with Crippen molar-refractivity contribution in [2.75, 3.05) is 0 Å². The summed E-state index contributed by atoms with van der Waals surface area (Å²) < 4.78 is 5.25. The van der Waals surface area contributed by atoms with Crippen LogP contribution in [-0.4, -0.2) is 16.0 Å². The molecule has 0 bridgehead atoms. The third-order valence-electron chi connectivity index (χ3n) is 3.21. The molecule has 2 aliphatic rings. The van der Waals surface area contributed by atoms with Gasteiger partial charge in [-0.1, -0.05) is 30.3 Å². The molecule has 0 saturated heterocycles. The van der Waals surface area contributed by atoms with Crippen molar-refractivity contribution in [2.45, 2.75) is 42.3 Å². The molecule has 2 aliphatic carbocycles. The summed E-state index contributed by atoms with van der Waals surface area (Å²) in [4.78, 5) is 12.0. The van der Waals surface area contributed by atoms with Crippen molar-refractivity contribution in [3.05, 3.63) is 35.9 Å². The third kappa shape index (κ3) is 2.65. The van der Waals surface area contributed by atoms with E-state index >= 15 is 0 Å². The van der Waals surface area contributed by atoms with Crippen LogP contribution in [0.5, 0.6) is 0 Å². The Balaban J connectivity index is 1.53. The minimum absolute atomic E-state index is 0.00162. The van der Waals surface area contributed by atoms with Crippen LogP contribution in [0.4, 0.5) is 0 Å². The van der Waals surface area contributed by atoms with E-state index in [0.29, 0.717) is 6.61 Å². The topological polar surface area (TPSA) is 26.3 Å². The highest BCUT2D eigenvalue weighted by atomic mass is 32.2. The molecule has 0 unspecified atom stereocenters. The van der Waals surface area contributed by atoms with Gasteiger partial charge in [0.1, 0.15) is 11.4 Å². The molecule has 0 N–H and O–H groups in total. The van der Waals surface area contributed by atoms with Crippen molar-refractivity contribution in [3.8, 4) is 0 Å². The molecule has 0 spiro atoms. The quantitative estimate of drug-likeness (QED) is 0.749. The van der Waals surface area contributed by atoms with Crippen LogP contribution in [0, 0.1) is 0 Å². The minimum Gasteiger partial charge on any atom is -0.460 e. The molecule has 0 aromatic heterocycles. The van der Waals surface area contributed by atoms with E-state index in [9.17, 15) is 4.79 Å². The molecular weight excluding hydrogens is 232 g/mol. The summed E-state index contributed by atoms with van der Waals surface area (Å²) in [5.74, 6) is -0.00162. The lowest BCUT2D eigenvalue weighted by Gasteiger charge is -2.13. The number of thioether (sulfide) groups is 1. The van der Waals surface area contributed by atoms with Crippen LogP contribution < -0.4 is 0 Å². The molecule has 0 amide bonds. The Kier molecular flexibility index (Phi) is 2.87. The lowest BCUT2D eigenvalue weighted by atomic mass is 10.2. The third-order valence-corrected chi connectivity index (χ3v) is 5.04. The van der Waals surface area contributed by atoms with Gasteiger partial charge in [0, 0.05) is 5.25 Å². The summed E-state index contributed by atoms with van der Waals surface area (Å²) in [5, 5.41) is 0.724. The van der Waals surface area contributed by atoms with Crippen LogP contribution >= 0.6 is 11.8 Å². The fourth-order valence-corrected chi connectivity index (χ4v) is 3.35. The number of hydrogen-bond acceptors (Lipinski definition) is 3. The fraction of sp³-hybridized carbons (Fsp3) is 0.500. The predicted molar refractivity (Wildman–Crippen MR) is 68.8 cm³/mol. The summed E-state index contributed by atoms with van der Waals surface area (Å²) in [6.07, 6.45) is 4.56. The fourth-order valence-electron chi connectivity index (χ4n) is 1.84. The minimum atomic E-state index is -0.171. The molecule has 0 aliphatic heterocycles. The molecule has 0 heterocycles. The molecule has 0 radical (unpaired) electrons. The Hall–Kier alpha value is -0.960. The zero-order valence-electron chi connectivity index (χ0n) is 9.72. The molecule has 2 saturated carbocycles. The van der Waals surface area contributed by atoms with Crippen molar-refractivity contribution in [1.29, 1.82) is 0 Å². The van der Waals surface area contributed by atoms with Gasteiger partial charge in [-0.05, 0) is 31.2 Å². The summed E-state index contributed by atoms with van der Waals surface area (Å²) in [6.45, 7) is 0.409. The van der Waals surface area contributed by atoms with E-state index in [-0.39, 0.29) is 10.7 Å². The first-order valence-electron chi connectivity index (χ1n) is 6.17. The zero-order valence-corrected chi connectivity index (χ0v) is 10.5. The average Bonchev–Trinajstić information content (AvgIpc) is 3.26. The summed E-state index contributed by atoms with van der Waals surface area (Å²) in [7, 11) is 0. The largest absolute Gasteiger partial charge is 0.460 e. The van der Waals surface area contributed by atoms with E-state index in [0.717, 1.165) is 23.7 Å². The van der Waals surface area contributed by atoms with Crippen LogP contribution in [0.1, 0.15) is 31.2 Å². The van der Waals surface area contributed by atoms with E-state index in [1.54, 1.807) is 0 Å². The van der Waals surface area contributed by atoms with Gasteiger partial charge >= 0.3 is 5.97 Å². The Morgan fingerprint density at radius 1 is 1.29 bits per heavy atom. The Morgan fingerprint density at radius 3 is 2.59 bits per heavy atom. The van der Waals surface area contributed by atoms with Crippen LogP contribution in [0.3, 0.4) is 0 Å². The van der Waals surface area contributed by atoms with Crippen LogP contribution in [0.15, 0.2) is 30.3 Å². The van der Waals surface area contributed by atoms with Gasteiger partial charge in [-0.15, -0.1) is 11.8 Å². The number of carbonyl (C=O) groups excluding carboxylic acids is 1. The number of carbonyl (C=O) groups is 1.